The molecule has 0 N–H and O–H groups in total. The summed E-state index contributed by atoms with van der Waals surface area (Å²) >= 11 is 6.39. The van der Waals surface area contributed by atoms with Gasteiger partial charge in [0, 0.05) is 17.8 Å². The standard InChI is InChI=1S/C17H18ClNO/c1-4-6-12(3)9-13-10-19-11-15-14(13)7-8-16(17(15)18)20-5-2/h4,6-8,10-11H,3,5,9H2,1-2H3. The summed E-state index contributed by atoms with van der Waals surface area (Å²) < 4.78 is 5.52. The molecule has 0 saturated carbocycles. The van der Waals surface area contributed by atoms with Crippen LogP contribution in [0.2, 0.25) is 5.02 Å². The van der Waals surface area contributed by atoms with Crippen molar-refractivity contribution in [3.8, 4) is 5.75 Å². The highest BCUT2D eigenvalue weighted by atomic mass is 35.5. The maximum absolute atomic E-state index is 6.39. The topological polar surface area (TPSA) is 22.1 Å². The summed E-state index contributed by atoms with van der Waals surface area (Å²) in [5.41, 5.74) is 2.17. The van der Waals surface area contributed by atoms with Crippen molar-refractivity contribution < 1.29 is 4.74 Å². The highest BCUT2D eigenvalue weighted by molar-refractivity contribution is 6.37. The van der Waals surface area contributed by atoms with Crippen LogP contribution in [-0.2, 0) is 6.42 Å². The van der Waals surface area contributed by atoms with Gasteiger partial charge in [0.2, 0.25) is 0 Å². The zero-order valence-corrected chi connectivity index (χ0v) is 12.6. The third-order valence-electron chi connectivity index (χ3n) is 3.04. The molecule has 104 valence electrons. The van der Waals surface area contributed by atoms with E-state index in [1.165, 1.54) is 0 Å². The monoisotopic (exact) mass is 287 g/mol. The van der Waals surface area contributed by atoms with E-state index in [1.807, 2.05) is 44.3 Å². The Balaban J connectivity index is 2.48. The maximum Gasteiger partial charge on any atom is 0.138 e. The minimum absolute atomic E-state index is 0.594. The zero-order chi connectivity index (χ0) is 14.5. The molecule has 1 heterocycles. The Labute approximate surface area is 124 Å². The van der Waals surface area contributed by atoms with Crippen LogP contribution in [0.25, 0.3) is 10.8 Å². The number of hydrogen-bond acceptors (Lipinski definition) is 2. The molecule has 2 aromatic rings. The van der Waals surface area contributed by atoms with Crippen molar-refractivity contribution >= 4 is 22.4 Å². The molecule has 0 radical (unpaired) electrons. The predicted molar refractivity (Wildman–Crippen MR) is 85.6 cm³/mol. The van der Waals surface area contributed by atoms with Crippen molar-refractivity contribution in [1.82, 2.24) is 4.98 Å². The van der Waals surface area contributed by atoms with Crippen molar-refractivity contribution in [2.45, 2.75) is 20.3 Å². The number of nitrogens with zero attached hydrogens (tertiary/aromatic N) is 1. The summed E-state index contributed by atoms with van der Waals surface area (Å²) in [6.45, 7) is 8.56. The highest BCUT2D eigenvalue weighted by Crippen LogP contribution is 2.34. The Hall–Kier alpha value is -1.80. The van der Waals surface area contributed by atoms with Gasteiger partial charge in [-0.05, 0) is 37.3 Å². The molecule has 0 aliphatic carbocycles. The van der Waals surface area contributed by atoms with Crippen molar-refractivity contribution in [2.75, 3.05) is 6.61 Å². The Morgan fingerprint density at radius 1 is 1.35 bits per heavy atom. The first-order chi connectivity index (χ1) is 9.67. The predicted octanol–water partition coefficient (Wildman–Crippen LogP) is 4.96. The highest BCUT2D eigenvalue weighted by Gasteiger charge is 2.10. The molecule has 0 atom stereocenters. The van der Waals surface area contributed by atoms with Crippen molar-refractivity contribution in [2.24, 2.45) is 0 Å². The van der Waals surface area contributed by atoms with Crippen LogP contribution in [0.5, 0.6) is 5.75 Å². The van der Waals surface area contributed by atoms with E-state index in [4.69, 9.17) is 16.3 Å². The van der Waals surface area contributed by atoms with Crippen LogP contribution >= 0.6 is 11.6 Å². The number of pyridine rings is 1. The Kier molecular flexibility index (Phi) is 4.80. The van der Waals surface area contributed by atoms with Crippen LogP contribution in [0.15, 0.2) is 48.8 Å². The lowest BCUT2D eigenvalue weighted by Gasteiger charge is -2.11. The van der Waals surface area contributed by atoms with Gasteiger partial charge in [0.05, 0.1) is 11.6 Å². The van der Waals surface area contributed by atoms with E-state index in [9.17, 15) is 0 Å². The second kappa shape index (κ2) is 6.58. The van der Waals surface area contributed by atoms with Gasteiger partial charge in [-0.1, -0.05) is 42.0 Å². The number of benzene rings is 1. The summed E-state index contributed by atoms with van der Waals surface area (Å²) in [5, 5.41) is 2.64. The summed E-state index contributed by atoms with van der Waals surface area (Å²) in [5.74, 6) is 0.702. The average Bonchev–Trinajstić information content (AvgIpc) is 2.43. The van der Waals surface area contributed by atoms with E-state index in [1.54, 1.807) is 6.20 Å². The number of ether oxygens (including phenoxy) is 1. The number of aromatic nitrogens is 1. The summed E-state index contributed by atoms with van der Waals surface area (Å²) in [7, 11) is 0. The number of halogens is 1. The molecule has 0 unspecified atom stereocenters. The summed E-state index contributed by atoms with van der Waals surface area (Å²) in [6, 6.07) is 3.95. The van der Waals surface area contributed by atoms with Crippen molar-refractivity contribution in [3.63, 3.8) is 0 Å². The van der Waals surface area contributed by atoms with Crippen LogP contribution < -0.4 is 4.74 Å². The number of rotatable bonds is 5. The quantitative estimate of drug-likeness (QED) is 0.725. The number of allylic oxidation sites excluding steroid dienone is 3. The molecule has 2 nitrogen and oxygen atoms in total. The Morgan fingerprint density at radius 3 is 2.85 bits per heavy atom. The van der Waals surface area contributed by atoms with Gasteiger partial charge in [-0.15, -0.1) is 0 Å². The molecule has 2 rings (SSSR count). The van der Waals surface area contributed by atoms with Gasteiger partial charge in [0.25, 0.3) is 0 Å². The van der Waals surface area contributed by atoms with Gasteiger partial charge in [0.15, 0.2) is 0 Å². The molecule has 1 aromatic carbocycles. The van der Waals surface area contributed by atoms with E-state index in [0.29, 0.717) is 17.4 Å². The molecule has 0 aliphatic heterocycles. The minimum Gasteiger partial charge on any atom is -0.492 e. The first-order valence-electron chi connectivity index (χ1n) is 6.65. The molecule has 20 heavy (non-hydrogen) atoms. The fourth-order valence-electron chi connectivity index (χ4n) is 2.20. The molecule has 0 saturated heterocycles. The van der Waals surface area contributed by atoms with Crippen LogP contribution in [0.1, 0.15) is 19.4 Å². The maximum atomic E-state index is 6.39. The minimum atomic E-state index is 0.594. The molecular weight excluding hydrogens is 270 g/mol. The normalized spacial score (nSPS) is 11.2. The lowest BCUT2D eigenvalue weighted by molar-refractivity contribution is 0.341. The molecule has 0 fully saturated rings. The summed E-state index contributed by atoms with van der Waals surface area (Å²) in [6.07, 6.45) is 8.41. The Morgan fingerprint density at radius 2 is 2.15 bits per heavy atom. The van der Waals surface area contributed by atoms with Gasteiger partial charge in [-0.2, -0.15) is 0 Å². The second-order valence-electron chi connectivity index (χ2n) is 4.54. The summed E-state index contributed by atoms with van der Waals surface area (Å²) in [4.78, 5) is 4.28. The van der Waals surface area contributed by atoms with E-state index in [-0.39, 0.29) is 0 Å². The third kappa shape index (κ3) is 3.02. The van der Waals surface area contributed by atoms with Gasteiger partial charge >= 0.3 is 0 Å². The molecule has 3 heteroatoms. The fraction of sp³-hybridized carbons (Fsp3) is 0.235. The van der Waals surface area contributed by atoms with Crippen LogP contribution in [0, 0.1) is 0 Å². The number of fused-ring (bicyclic) bond motifs is 1. The van der Waals surface area contributed by atoms with Gasteiger partial charge in [-0.3, -0.25) is 4.98 Å². The van der Waals surface area contributed by atoms with Gasteiger partial charge in [0.1, 0.15) is 5.75 Å². The first kappa shape index (κ1) is 14.6. The molecule has 0 aliphatic rings. The Bertz CT molecular complexity index is 661. The van der Waals surface area contributed by atoms with Gasteiger partial charge < -0.3 is 4.74 Å². The zero-order valence-electron chi connectivity index (χ0n) is 11.8. The van der Waals surface area contributed by atoms with Crippen molar-refractivity contribution in [3.05, 3.63) is 59.4 Å². The third-order valence-corrected chi connectivity index (χ3v) is 3.43. The first-order valence-corrected chi connectivity index (χ1v) is 7.03. The van der Waals surface area contributed by atoms with Gasteiger partial charge in [-0.25, -0.2) is 0 Å². The number of hydrogen-bond donors (Lipinski definition) is 0. The average molecular weight is 288 g/mol. The van der Waals surface area contributed by atoms with Crippen molar-refractivity contribution in [1.29, 1.82) is 0 Å². The fourth-order valence-corrected chi connectivity index (χ4v) is 2.47. The lowest BCUT2D eigenvalue weighted by Crippen LogP contribution is -1.95. The largest absolute Gasteiger partial charge is 0.492 e. The molecule has 0 amide bonds. The molecular formula is C17H18ClNO. The molecule has 1 aromatic heterocycles. The smallest absolute Gasteiger partial charge is 0.138 e. The van der Waals surface area contributed by atoms with E-state index in [0.717, 1.165) is 28.3 Å². The van der Waals surface area contributed by atoms with Crippen LogP contribution in [0.3, 0.4) is 0 Å². The second-order valence-corrected chi connectivity index (χ2v) is 4.92. The van der Waals surface area contributed by atoms with E-state index >= 15 is 0 Å². The van der Waals surface area contributed by atoms with Crippen LogP contribution in [-0.4, -0.2) is 11.6 Å². The molecule has 0 spiro atoms. The molecule has 0 bridgehead atoms. The van der Waals surface area contributed by atoms with E-state index < -0.39 is 0 Å². The SMILES string of the molecule is C=C(C=CC)Cc1cncc2c(Cl)c(OCC)ccc12. The van der Waals surface area contributed by atoms with Crippen LogP contribution in [0.4, 0.5) is 0 Å². The lowest BCUT2D eigenvalue weighted by atomic mass is 10.0. The van der Waals surface area contributed by atoms with E-state index in [2.05, 4.69) is 11.6 Å².